The zero-order valence-corrected chi connectivity index (χ0v) is 15.5. The van der Waals surface area contributed by atoms with Crippen molar-refractivity contribution in [2.45, 2.75) is 32.6 Å². The minimum Gasteiger partial charge on any atom is -0.493 e. The number of rotatable bonds is 3. The Morgan fingerprint density at radius 3 is 2.54 bits per heavy atom. The number of methoxy groups -OCH3 is 2. The number of ketones is 1. The van der Waals surface area contributed by atoms with E-state index in [4.69, 9.17) is 15.2 Å². The second-order valence-electron chi connectivity index (χ2n) is 7.44. The number of ether oxygens (including phenoxy) is 2. The average Bonchev–Trinajstić information content (AvgIpc) is 2.58. The van der Waals surface area contributed by atoms with Crippen LogP contribution in [-0.2, 0) is 4.79 Å². The predicted octanol–water partition coefficient (Wildman–Crippen LogP) is 2.73. The van der Waals surface area contributed by atoms with Gasteiger partial charge in [-0.1, -0.05) is 19.9 Å². The maximum absolute atomic E-state index is 12.9. The van der Waals surface area contributed by atoms with Crippen molar-refractivity contribution in [3.63, 3.8) is 0 Å². The largest absolute Gasteiger partial charge is 0.493 e. The highest BCUT2D eigenvalue weighted by Gasteiger charge is 2.41. The van der Waals surface area contributed by atoms with E-state index in [1.165, 1.54) is 0 Å². The number of carbonyl (C=O) groups is 1. The highest BCUT2D eigenvalue weighted by atomic mass is 16.5. The molecule has 2 aliphatic rings. The van der Waals surface area contributed by atoms with Gasteiger partial charge in [0.15, 0.2) is 17.3 Å². The quantitative estimate of drug-likeness (QED) is 0.867. The van der Waals surface area contributed by atoms with Gasteiger partial charge in [-0.15, -0.1) is 0 Å². The first-order valence-corrected chi connectivity index (χ1v) is 8.46. The monoisotopic (exact) mass is 353 g/mol. The molecule has 6 nitrogen and oxygen atoms in total. The number of benzene rings is 1. The number of Topliss-reactive ketones (excluding diaryl/α,β-unsaturated/α-hetero) is 1. The van der Waals surface area contributed by atoms with Crippen molar-refractivity contribution < 1.29 is 14.3 Å². The summed E-state index contributed by atoms with van der Waals surface area (Å²) >= 11 is 0. The summed E-state index contributed by atoms with van der Waals surface area (Å²) in [6, 6.07) is 7.60. The lowest BCUT2D eigenvalue weighted by atomic mass is 9.69. The molecular weight excluding hydrogens is 330 g/mol. The van der Waals surface area contributed by atoms with Crippen LogP contribution in [0.1, 0.15) is 38.2 Å². The topological polar surface area (TPSA) is 97.4 Å². The Morgan fingerprint density at radius 2 is 1.92 bits per heavy atom. The van der Waals surface area contributed by atoms with Crippen molar-refractivity contribution >= 4 is 5.78 Å². The molecular formula is C20H23N3O3. The molecule has 1 aliphatic carbocycles. The zero-order chi connectivity index (χ0) is 19.1. The van der Waals surface area contributed by atoms with E-state index in [0.29, 0.717) is 41.3 Å². The molecule has 6 heteroatoms. The molecule has 0 amide bonds. The molecule has 1 atom stereocenters. The Morgan fingerprint density at radius 1 is 1.23 bits per heavy atom. The summed E-state index contributed by atoms with van der Waals surface area (Å²) in [5.41, 5.74) is 8.55. The van der Waals surface area contributed by atoms with Crippen molar-refractivity contribution in [2.75, 3.05) is 14.2 Å². The van der Waals surface area contributed by atoms with Gasteiger partial charge in [-0.05, 0) is 29.5 Å². The van der Waals surface area contributed by atoms with E-state index in [-0.39, 0.29) is 11.2 Å². The molecule has 3 rings (SSSR count). The summed E-state index contributed by atoms with van der Waals surface area (Å²) < 4.78 is 10.7. The lowest BCUT2D eigenvalue weighted by Gasteiger charge is -2.38. The number of nitrogens with two attached hydrogens (primary N) is 1. The van der Waals surface area contributed by atoms with E-state index in [1.54, 1.807) is 26.4 Å². The number of nitrogens with zero attached hydrogens (tertiary/aromatic N) is 1. The fourth-order valence-corrected chi connectivity index (χ4v) is 3.80. The molecule has 0 spiro atoms. The molecule has 1 aromatic carbocycles. The van der Waals surface area contributed by atoms with Gasteiger partial charge in [0.25, 0.3) is 0 Å². The van der Waals surface area contributed by atoms with E-state index in [2.05, 4.69) is 25.2 Å². The van der Waals surface area contributed by atoms with Crippen LogP contribution < -0.4 is 20.5 Å². The Hall–Kier alpha value is -2.94. The molecule has 1 aromatic rings. The van der Waals surface area contributed by atoms with Crippen LogP contribution in [0.25, 0.3) is 0 Å². The Labute approximate surface area is 153 Å². The third kappa shape index (κ3) is 2.90. The van der Waals surface area contributed by atoms with Crippen LogP contribution in [0.4, 0.5) is 0 Å². The van der Waals surface area contributed by atoms with Gasteiger partial charge in [-0.25, -0.2) is 0 Å². The number of nitrogens with one attached hydrogen (secondary N) is 1. The van der Waals surface area contributed by atoms with E-state index in [9.17, 15) is 10.1 Å². The first-order chi connectivity index (χ1) is 12.3. The summed E-state index contributed by atoms with van der Waals surface area (Å²) in [5, 5.41) is 12.8. The second kappa shape index (κ2) is 6.41. The maximum atomic E-state index is 12.9. The molecule has 1 heterocycles. The molecule has 0 saturated carbocycles. The molecule has 1 aliphatic heterocycles. The predicted molar refractivity (Wildman–Crippen MR) is 97.3 cm³/mol. The molecule has 3 N–H and O–H groups in total. The summed E-state index contributed by atoms with van der Waals surface area (Å²) in [6.07, 6.45) is 1.15. The first kappa shape index (κ1) is 17.9. The third-order valence-corrected chi connectivity index (χ3v) is 4.93. The average molecular weight is 353 g/mol. The van der Waals surface area contributed by atoms with Crippen LogP contribution in [0, 0.1) is 16.7 Å². The fourth-order valence-electron chi connectivity index (χ4n) is 3.80. The van der Waals surface area contributed by atoms with E-state index < -0.39 is 5.92 Å². The highest BCUT2D eigenvalue weighted by molar-refractivity contribution is 6.00. The molecule has 136 valence electrons. The lowest BCUT2D eigenvalue weighted by Crippen LogP contribution is -2.39. The van der Waals surface area contributed by atoms with Gasteiger partial charge >= 0.3 is 0 Å². The number of nitriles is 1. The van der Waals surface area contributed by atoms with Crippen molar-refractivity contribution in [2.24, 2.45) is 11.1 Å². The highest BCUT2D eigenvalue weighted by Crippen LogP contribution is 2.46. The molecule has 0 radical (unpaired) electrons. The smallest absolute Gasteiger partial charge is 0.162 e. The molecule has 0 saturated heterocycles. The molecule has 0 aromatic heterocycles. The van der Waals surface area contributed by atoms with Gasteiger partial charge in [0.05, 0.1) is 31.8 Å². The number of carbonyl (C=O) groups excluding carboxylic acids is 1. The Balaban J connectivity index is 2.18. The van der Waals surface area contributed by atoms with Gasteiger partial charge in [0.2, 0.25) is 0 Å². The number of hydrogen-bond acceptors (Lipinski definition) is 6. The van der Waals surface area contributed by atoms with E-state index >= 15 is 0 Å². The standard InChI is InChI=1S/C20H23N3O3/c1-20(2)8-13-18(14(24)9-20)17(12(10-21)19(22)23-13)11-5-6-15(25-3)16(7-11)26-4/h5-7,17,23H,8-9,22H2,1-4H3. The van der Waals surface area contributed by atoms with Crippen LogP contribution in [0.2, 0.25) is 0 Å². The number of hydrogen-bond donors (Lipinski definition) is 2. The van der Waals surface area contributed by atoms with Gasteiger partial charge in [0.1, 0.15) is 5.82 Å². The minimum atomic E-state index is -0.500. The van der Waals surface area contributed by atoms with Crippen LogP contribution in [0.3, 0.4) is 0 Å². The normalized spacial score (nSPS) is 21.7. The van der Waals surface area contributed by atoms with Gasteiger partial charge in [0, 0.05) is 17.7 Å². The number of allylic oxidation sites excluding steroid dienone is 3. The van der Waals surface area contributed by atoms with E-state index in [0.717, 1.165) is 11.3 Å². The van der Waals surface area contributed by atoms with Crippen LogP contribution >= 0.6 is 0 Å². The summed E-state index contributed by atoms with van der Waals surface area (Å²) in [7, 11) is 3.12. The van der Waals surface area contributed by atoms with Crippen LogP contribution in [0.5, 0.6) is 11.5 Å². The minimum absolute atomic E-state index is 0.0452. The Bertz CT molecular complexity index is 875. The van der Waals surface area contributed by atoms with Crippen molar-refractivity contribution in [3.8, 4) is 17.6 Å². The Kier molecular flexibility index (Phi) is 4.41. The molecule has 0 fully saturated rings. The first-order valence-electron chi connectivity index (χ1n) is 8.46. The van der Waals surface area contributed by atoms with Crippen LogP contribution in [-0.4, -0.2) is 20.0 Å². The summed E-state index contributed by atoms with van der Waals surface area (Å²) in [4.78, 5) is 12.9. The van der Waals surface area contributed by atoms with Crippen molar-refractivity contribution in [1.29, 1.82) is 5.26 Å². The van der Waals surface area contributed by atoms with Gasteiger partial charge in [-0.2, -0.15) is 5.26 Å². The summed E-state index contributed by atoms with van der Waals surface area (Å²) in [5.74, 6) is 0.982. The molecule has 1 unspecified atom stereocenters. The maximum Gasteiger partial charge on any atom is 0.162 e. The van der Waals surface area contributed by atoms with Crippen molar-refractivity contribution in [3.05, 3.63) is 46.4 Å². The fraction of sp³-hybridized carbons (Fsp3) is 0.400. The zero-order valence-electron chi connectivity index (χ0n) is 15.5. The van der Waals surface area contributed by atoms with Gasteiger partial charge < -0.3 is 20.5 Å². The summed E-state index contributed by atoms with van der Waals surface area (Å²) in [6.45, 7) is 4.11. The van der Waals surface area contributed by atoms with Crippen LogP contribution in [0.15, 0.2) is 40.9 Å². The lowest BCUT2D eigenvalue weighted by molar-refractivity contribution is -0.118. The third-order valence-electron chi connectivity index (χ3n) is 4.93. The van der Waals surface area contributed by atoms with Gasteiger partial charge in [-0.3, -0.25) is 4.79 Å². The number of dihydropyridines is 1. The molecule has 0 bridgehead atoms. The SMILES string of the molecule is COc1ccc(C2C(C#N)=C(N)NC3=C2C(=O)CC(C)(C)C3)cc1OC. The molecule has 26 heavy (non-hydrogen) atoms. The van der Waals surface area contributed by atoms with Crippen molar-refractivity contribution in [1.82, 2.24) is 5.32 Å². The van der Waals surface area contributed by atoms with E-state index in [1.807, 2.05) is 6.07 Å². The second-order valence-corrected chi connectivity index (χ2v) is 7.44.